The van der Waals surface area contributed by atoms with E-state index in [-0.39, 0.29) is 17.5 Å². The summed E-state index contributed by atoms with van der Waals surface area (Å²) < 4.78 is 75.7. The molecule has 4 N–H and O–H groups in total. The van der Waals surface area contributed by atoms with Crippen molar-refractivity contribution in [2.45, 2.75) is 32.4 Å². The Morgan fingerprint density at radius 1 is 0.878 bits per heavy atom. The first-order valence-corrected chi connectivity index (χ1v) is 11.7. The number of hydrogen-bond donors (Lipinski definition) is 4. The highest BCUT2D eigenvalue weighted by atomic mass is 19.2. The summed E-state index contributed by atoms with van der Waals surface area (Å²) in [6, 6.07) is 1.80. The summed E-state index contributed by atoms with van der Waals surface area (Å²) in [6.07, 6.45) is -1.04. The fourth-order valence-corrected chi connectivity index (χ4v) is 3.23. The number of carbonyl (C=O) groups is 5. The maximum atomic E-state index is 13.8. The van der Waals surface area contributed by atoms with Gasteiger partial charge in [0.25, 0.3) is 0 Å². The maximum Gasteiger partial charge on any atom is 0.313 e. The molecule has 0 aromatic heterocycles. The van der Waals surface area contributed by atoms with Crippen molar-refractivity contribution in [2.24, 2.45) is 5.92 Å². The lowest BCUT2D eigenvalue weighted by molar-refractivity contribution is -0.141. The number of amides is 3. The first-order valence-electron chi connectivity index (χ1n) is 11.7. The van der Waals surface area contributed by atoms with Gasteiger partial charge in [-0.2, -0.15) is 8.78 Å². The molecule has 0 aliphatic heterocycles. The number of aliphatic carboxylic acids is 1. The summed E-state index contributed by atoms with van der Waals surface area (Å²) in [5.74, 6) is -16.1. The molecule has 11 nitrogen and oxygen atoms in total. The van der Waals surface area contributed by atoms with Gasteiger partial charge in [-0.15, -0.1) is 0 Å². The van der Waals surface area contributed by atoms with Crippen LogP contribution < -0.4 is 25.4 Å². The fourth-order valence-electron chi connectivity index (χ4n) is 3.23. The van der Waals surface area contributed by atoms with Gasteiger partial charge in [-0.05, 0) is 30.2 Å². The molecule has 2 atom stereocenters. The number of rotatable bonds is 13. The van der Waals surface area contributed by atoms with Crippen LogP contribution in [0.1, 0.15) is 20.3 Å². The Balaban J connectivity index is 2.10. The predicted molar refractivity (Wildman–Crippen MR) is 129 cm³/mol. The molecule has 0 saturated heterocycles. The van der Waals surface area contributed by atoms with E-state index in [1.54, 1.807) is 0 Å². The molecule has 0 heterocycles. The van der Waals surface area contributed by atoms with Crippen molar-refractivity contribution in [1.82, 2.24) is 10.6 Å². The second-order valence-electron chi connectivity index (χ2n) is 8.64. The Kier molecular flexibility index (Phi) is 11.5. The zero-order valence-corrected chi connectivity index (χ0v) is 21.4. The zero-order chi connectivity index (χ0) is 30.9. The topological polar surface area (TPSA) is 160 Å². The summed E-state index contributed by atoms with van der Waals surface area (Å²) in [4.78, 5) is 61.4. The smallest absolute Gasteiger partial charge is 0.313 e. The van der Waals surface area contributed by atoms with Crippen molar-refractivity contribution in [1.29, 1.82) is 0 Å². The molecule has 2 aromatic carbocycles. The highest BCUT2D eigenvalue weighted by Gasteiger charge is 2.32. The molecular formula is C25H24F5N3O8. The van der Waals surface area contributed by atoms with Crippen molar-refractivity contribution in [3.63, 3.8) is 0 Å². The Morgan fingerprint density at radius 3 is 1.98 bits per heavy atom. The lowest BCUT2D eigenvalue weighted by atomic mass is 10.0. The Labute approximate surface area is 229 Å². The number of ketones is 1. The van der Waals surface area contributed by atoms with E-state index >= 15 is 0 Å². The number of carbonyl (C=O) groups excluding carboxylic acids is 4. The van der Waals surface area contributed by atoms with Crippen molar-refractivity contribution in [3.05, 3.63) is 53.6 Å². The highest BCUT2D eigenvalue weighted by molar-refractivity contribution is 6.40. The van der Waals surface area contributed by atoms with Crippen molar-refractivity contribution in [2.75, 3.05) is 18.8 Å². The monoisotopic (exact) mass is 589 g/mol. The van der Waals surface area contributed by atoms with Crippen LogP contribution in [0, 0.1) is 29.2 Å². The minimum Gasteiger partial charge on any atom is -0.481 e. The molecule has 0 spiro atoms. The molecule has 2 aromatic rings. The molecule has 0 aliphatic rings. The van der Waals surface area contributed by atoms with Crippen LogP contribution in [0.15, 0.2) is 30.3 Å². The number of carboxylic acid groups (broad SMARTS) is 1. The van der Waals surface area contributed by atoms with Gasteiger partial charge in [-0.3, -0.25) is 24.0 Å². The number of alkyl halides is 1. The molecule has 16 heteroatoms. The van der Waals surface area contributed by atoms with Crippen LogP contribution in [0.25, 0.3) is 0 Å². The van der Waals surface area contributed by atoms with Crippen molar-refractivity contribution in [3.8, 4) is 11.5 Å². The van der Waals surface area contributed by atoms with Gasteiger partial charge < -0.3 is 30.5 Å². The lowest BCUT2D eigenvalue weighted by Crippen LogP contribution is -2.56. The number of ether oxygens (including phenoxy) is 2. The summed E-state index contributed by atoms with van der Waals surface area (Å²) in [5, 5.41) is 15.6. The molecule has 0 saturated carbocycles. The molecule has 0 fully saturated rings. The van der Waals surface area contributed by atoms with Crippen LogP contribution in [0.3, 0.4) is 0 Å². The number of hydrogen-bond acceptors (Lipinski definition) is 7. The highest BCUT2D eigenvalue weighted by Crippen LogP contribution is 2.26. The lowest BCUT2D eigenvalue weighted by Gasteiger charge is -2.24. The zero-order valence-electron chi connectivity index (χ0n) is 21.4. The quantitative estimate of drug-likeness (QED) is 0.157. The number of halogens is 5. The van der Waals surface area contributed by atoms with Crippen molar-refractivity contribution < 1.29 is 60.5 Å². The van der Waals surface area contributed by atoms with Gasteiger partial charge in [0, 0.05) is 11.8 Å². The Bertz CT molecular complexity index is 1280. The van der Waals surface area contributed by atoms with Crippen LogP contribution in [0.5, 0.6) is 11.5 Å². The first-order chi connectivity index (χ1) is 19.2. The van der Waals surface area contributed by atoms with E-state index < -0.39 is 96.4 Å². The number of anilines is 1. The normalized spacial score (nSPS) is 12.2. The van der Waals surface area contributed by atoms with E-state index in [1.165, 1.54) is 38.1 Å². The van der Waals surface area contributed by atoms with Crippen LogP contribution in [-0.4, -0.2) is 60.1 Å². The van der Waals surface area contributed by atoms with E-state index in [0.29, 0.717) is 0 Å². The molecule has 0 bridgehead atoms. The summed E-state index contributed by atoms with van der Waals surface area (Å²) in [6.45, 7) is 0.522. The third-order valence-electron chi connectivity index (χ3n) is 5.29. The van der Waals surface area contributed by atoms with Crippen LogP contribution in [0.4, 0.5) is 27.6 Å². The third-order valence-corrected chi connectivity index (χ3v) is 5.29. The summed E-state index contributed by atoms with van der Waals surface area (Å²) in [7, 11) is 0. The second-order valence-corrected chi connectivity index (χ2v) is 8.64. The largest absolute Gasteiger partial charge is 0.481 e. The van der Waals surface area contributed by atoms with Crippen molar-refractivity contribution >= 4 is 35.2 Å². The molecule has 0 aliphatic carbocycles. The van der Waals surface area contributed by atoms with E-state index in [9.17, 15) is 45.9 Å². The number of nitrogens with one attached hydrogen (secondary N) is 3. The Morgan fingerprint density at radius 2 is 1.46 bits per heavy atom. The molecule has 0 radical (unpaired) electrons. The minimum atomic E-state index is -1.94. The first kappa shape index (κ1) is 32.5. The van der Waals surface area contributed by atoms with Gasteiger partial charge >= 0.3 is 17.8 Å². The summed E-state index contributed by atoms with van der Waals surface area (Å²) >= 11 is 0. The number of benzene rings is 2. The van der Waals surface area contributed by atoms with E-state index in [2.05, 4.69) is 25.4 Å². The third kappa shape index (κ3) is 9.15. The van der Waals surface area contributed by atoms with E-state index in [4.69, 9.17) is 5.11 Å². The SMILES string of the molecule is CC(C)[C@H](NC(=O)C(=O)Nc1ccc(OCF)cc1)C(=O)NC(CC(=O)O)C(=O)COc1c(F)c(F)cc(F)c1F. The average Bonchev–Trinajstić information content (AvgIpc) is 2.90. The number of Topliss-reactive ketones (excluding diaryl/α,β-unsaturated/α-hetero) is 1. The molecule has 2 rings (SSSR count). The van der Waals surface area contributed by atoms with Gasteiger partial charge in [-0.25, -0.2) is 13.2 Å². The molecule has 222 valence electrons. The average molecular weight is 589 g/mol. The fraction of sp³-hybridized carbons (Fsp3) is 0.320. The molecular weight excluding hydrogens is 565 g/mol. The summed E-state index contributed by atoms with van der Waals surface area (Å²) in [5.41, 5.74) is 0.125. The molecule has 1 unspecified atom stereocenters. The minimum absolute atomic E-state index is 0.0902. The standard InChI is InChI=1S/C25H24F5N3O8/c1-11(2)21(33-25(39)24(38)31-12-3-5-13(6-4-12)41-10-26)23(37)32-16(8-18(35)36)17(34)9-40-22-19(29)14(27)7-15(28)20(22)30/h3-7,11,16,21H,8-10H2,1-2H3,(H,31,38)(H,32,37)(H,33,39)(H,35,36)/t16?,21-/m0/s1. The van der Waals surface area contributed by atoms with Crippen LogP contribution in [-0.2, 0) is 24.0 Å². The van der Waals surface area contributed by atoms with E-state index in [0.717, 1.165) is 0 Å². The van der Waals surface area contributed by atoms with Gasteiger partial charge in [0.2, 0.25) is 24.4 Å². The van der Waals surface area contributed by atoms with E-state index in [1.807, 2.05) is 0 Å². The van der Waals surface area contributed by atoms with Gasteiger partial charge in [0.05, 0.1) is 6.42 Å². The van der Waals surface area contributed by atoms with Crippen LogP contribution in [0.2, 0.25) is 0 Å². The molecule has 41 heavy (non-hydrogen) atoms. The van der Waals surface area contributed by atoms with Gasteiger partial charge in [0.15, 0.2) is 23.2 Å². The predicted octanol–water partition coefficient (Wildman–Crippen LogP) is 2.24. The molecule has 3 amide bonds. The van der Waals surface area contributed by atoms with Crippen LogP contribution >= 0.6 is 0 Å². The Hall–Kier alpha value is -4.76. The number of carboxylic acids is 1. The maximum absolute atomic E-state index is 13.8. The van der Waals surface area contributed by atoms with Gasteiger partial charge in [0.1, 0.15) is 24.4 Å². The second kappa shape index (κ2) is 14.6. The van der Waals surface area contributed by atoms with Gasteiger partial charge in [-0.1, -0.05) is 13.8 Å².